The number of anilines is 1. The molecular weight excluding hydrogens is 324 g/mol. The first-order valence-electron chi connectivity index (χ1n) is 7.74. The molecule has 0 aliphatic heterocycles. The van der Waals surface area contributed by atoms with Gasteiger partial charge < -0.3 is 5.32 Å². The summed E-state index contributed by atoms with van der Waals surface area (Å²) in [5.41, 5.74) is 2.65. The van der Waals surface area contributed by atoms with Gasteiger partial charge in [0.25, 0.3) is 0 Å². The molecular formula is C18H22N2O3S. The van der Waals surface area contributed by atoms with E-state index in [1.54, 1.807) is 30.3 Å². The predicted molar refractivity (Wildman–Crippen MR) is 95.5 cm³/mol. The Bertz CT molecular complexity index is 812. The summed E-state index contributed by atoms with van der Waals surface area (Å²) in [5, 5.41) is 2.69. The summed E-state index contributed by atoms with van der Waals surface area (Å²) in [7, 11) is -3.71. The molecule has 0 fully saturated rings. The van der Waals surface area contributed by atoms with Crippen LogP contribution in [0.15, 0.2) is 53.4 Å². The molecule has 0 spiro atoms. The van der Waals surface area contributed by atoms with Crippen LogP contribution in [-0.4, -0.2) is 20.9 Å². The van der Waals surface area contributed by atoms with E-state index in [1.807, 2.05) is 39.0 Å². The number of carbonyl (C=O) groups is 1. The van der Waals surface area contributed by atoms with Gasteiger partial charge in [0.15, 0.2) is 0 Å². The molecule has 0 aromatic heterocycles. The highest BCUT2D eigenvalue weighted by Crippen LogP contribution is 2.17. The second-order valence-electron chi connectivity index (χ2n) is 5.91. The average Bonchev–Trinajstić information content (AvgIpc) is 2.55. The highest BCUT2D eigenvalue weighted by atomic mass is 32.2. The number of hydrogen-bond acceptors (Lipinski definition) is 3. The molecule has 0 atom stereocenters. The van der Waals surface area contributed by atoms with Gasteiger partial charge in [-0.15, -0.1) is 0 Å². The van der Waals surface area contributed by atoms with Crippen molar-refractivity contribution in [1.82, 2.24) is 4.72 Å². The van der Waals surface area contributed by atoms with Gasteiger partial charge in [0, 0.05) is 5.69 Å². The fraction of sp³-hybridized carbons (Fsp3) is 0.278. The van der Waals surface area contributed by atoms with E-state index in [-0.39, 0.29) is 11.4 Å². The number of benzene rings is 2. The summed E-state index contributed by atoms with van der Waals surface area (Å²) in [6, 6.07) is 14.0. The highest BCUT2D eigenvalue weighted by molar-refractivity contribution is 7.89. The van der Waals surface area contributed by atoms with Crippen molar-refractivity contribution in [1.29, 1.82) is 0 Å². The Morgan fingerprint density at radius 1 is 1.04 bits per heavy atom. The molecule has 2 aromatic carbocycles. The Hall–Kier alpha value is -2.18. The van der Waals surface area contributed by atoms with Crippen molar-refractivity contribution in [3.05, 3.63) is 59.7 Å². The molecule has 2 N–H and O–H groups in total. The fourth-order valence-corrected chi connectivity index (χ4v) is 3.17. The van der Waals surface area contributed by atoms with Gasteiger partial charge in [-0.3, -0.25) is 4.79 Å². The molecule has 0 aliphatic rings. The zero-order chi connectivity index (χ0) is 17.7. The standard InChI is InChI=1S/C18H22N2O3S/c1-13(2)15-8-10-16(11-9-15)24(22,23)19-12-18(21)20-17-7-5-4-6-14(17)3/h4-11,13,19H,12H2,1-3H3,(H,20,21). The molecule has 0 unspecified atom stereocenters. The Morgan fingerprint density at radius 3 is 2.25 bits per heavy atom. The molecule has 2 aromatic rings. The van der Waals surface area contributed by atoms with Gasteiger partial charge in [-0.05, 0) is 42.2 Å². The van der Waals surface area contributed by atoms with Crippen LogP contribution in [0, 0.1) is 6.92 Å². The molecule has 6 heteroatoms. The largest absolute Gasteiger partial charge is 0.325 e. The van der Waals surface area contributed by atoms with Crippen molar-refractivity contribution >= 4 is 21.6 Å². The number of hydrogen-bond donors (Lipinski definition) is 2. The average molecular weight is 346 g/mol. The topological polar surface area (TPSA) is 75.3 Å². The van der Waals surface area contributed by atoms with Crippen LogP contribution in [0.5, 0.6) is 0 Å². The lowest BCUT2D eigenvalue weighted by Crippen LogP contribution is -2.33. The molecule has 24 heavy (non-hydrogen) atoms. The summed E-state index contributed by atoms with van der Waals surface area (Å²) in [6.07, 6.45) is 0. The van der Waals surface area contributed by atoms with Crippen LogP contribution in [0.3, 0.4) is 0 Å². The van der Waals surface area contributed by atoms with Crippen molar-refractivity contribution < 1.29 is 13.2 Å². The summed E-state index contributed by atoms with van der Waals surface area (Å²) in [6.45, 7) is 5.63. The molecule has 0 saturated carbocycles. The molecule has 2 rings (SSSR count). The lowest BCUT2D eigenvalue weighted by Gasteiger charge is -2.10. The predicted octanol–water partition coefficient (Wildman–Crippen LogP) is 3.04. The molecule has 0 heterocycles. The fourth-order valence-electron chi connectivity index (χ4n) is 2.18. The number of amides is 1. The van der Waals surface area contributed by atoms with Gasteiger partial charge in [0.1, 0.15) is 0 Å². The van der Waals surface area contributed by atoms with Crippen LogP contribution >= 0.6 is 0 Å². The zero-order valence-corrected chi connectivity index (χ0v) is 14.9. The minimum absolute atomic E-state index is 0.149. The van der Waals surface area contributed by atoms with E-state index in [4.69, 9.17) is 0 Å². The van der Waals surface area contributed by atoms with E-state index >= 15 is 0 Å². The van der Waals surface area contributed by atoms with Crippen LogP contribution in [0.1, 0.15) is 30.9 Å². The summed E-state index contributed by atoms with van der Waals surface area (Å²) < 4.78 is 26.8. The summed E-state index contributed by atoms with van der Waals surface area (Å²) in [4.78, 5) is 12.1. The molecule has 0 radical (unpaired) electrons. The number of sulfonamides is 1. The van der Waals surface area contributed by atoms with E-state index in [9.17, 15) is 13.2 Å². The molecule has 0 aliphatic carbocycles. The molecule has 1 amide bonds. The van der Waals surface area contributed by atoms with Crippen LogP contribution in [0.4, 0.5) is 5.69 Å². The van der Waals surface area contributed by atoms with Gasteiger partial charge in [-0.2, -0.15) is 0 Å². The Morgan fingerprint density at radius 2 is 1.67 bits per heavy atom. The number of carbonyl (C=O) groups excluding carboxylic acids is 1. The van der Waals surface area contributed by atoms with E-state index in [0.29, 0.717) is 11.6 Å². The lowest BCUT2D eigenvalue weighted by molar-refractivity contribution is -0.115. The first kappa shape index (κ1) is 18.2. The van der Waals surface area contributed by atoms with E-state index < -0.39 is 15.9 Å². The van der Waals surface area contributed by atoms with Crippen molar-refractivity contribution in [2.45, 2.75) is 31.6 Å². The van der Waals surface area contributed by atoms with Gasteiger partial charge in [-0.1, -0.05) is 44.2 Å². The monoisotopic (exact) mass is 346 g/mol. The van der Waals surface area contributed by atoms with Crippen molar-refractivity contribution in [3.8, 4) is 0 Å². The zero-order valence-electron chi connectivity index (χ0n) is 14.0. The van der Waals surface area contributed by atoms with Gasteiger partial charge in [0.05, 0.1) is 11.4 Å². The molecule has 0 saturated heterocycles. The third kappa shape index (κ3) is 4.66. The van der Waals surface area contributed by atoms with Crippen molar-refractivity contribution in [2.75, 3.05) is 11.9 Å². The van der Waals surface area contributed by atoms with Gasteiger partial charge in [0.2, 0.25) is 15.9 Å². The summed E-state index contributed by atoms with van der Waals surface area (Å²) in [5.74, 6) is -0.0821. The van der Waals surface area contributed by atoms with E-state index in [1.165, 1.54) is 0 Å². The quantitative estimate of drug-likeness (QED) is 0.844. The van der Waals surface area contributed by atoms with Crippen LogP contribution in [-0.2, 0) is 14.8 Å². The lowest BCUT2D eigenvalue weighted by atomic mass is 10.0. The first-order valence-corrected chi connectivity index (χ1v) is 9.23. The van der Waals surface area contributed by atoms with E-state index in [0.717, 1.165) is 11.1 Å². The second-order valence-corrected chi connectivity index (χ2v) is 7.68. The van der Waals surface area contributed by atoms with E-state index in [2.05, 4.69) is 10.0 Å². The Balaban J connectivity index is 1.99. The van der Waals surface area contributed by atoms with Gasteiger partial charge >= 0.3 is 0 Å². The Labute approximate surface area is 143 Å². The summed E-state index contributed by atoms with van der Waals surface area (Å²) >= 11 is 0. The van der Waals surface area contributed by atoms with Crippen molar-refractivity contribution in [3.63, 3.8) is 0 Å². The third-order valence-electron chi connectivity index (χ3n) is 3.70. The molecule has 5 nitrogen and oxygen atoms in total. The molecule has 128 valence electrons. The van der Waals surface area contributed by atoms with Crippen LogP contribution in [0.2, 0.25) is 0 Å². The SMILES string of the molecule is Cc1ccccc1NC(=O)CNS(=O)(=O)c1ccc(C(C)C)cc1. The number of aryl methyl sites for hydroxylation is 1. The minimum Gasteiger partial charge on any atom is -0.325 e. The normalized spacial score (nSPS) is 11.5. The smallest absolute Gasteiger partial charge is 0.241 e. The third-order valence-corrected chi connectivity index (χ3v) is 5.12. The van der Waals surface area contributed by atoms with Crippen LogP contribution in [0.25, 0.3) is 0 Å². The minimum atomic E-state index is -3.71. The highest BCUT2D eigenvalue weighted by Gasteiger charge is 2.16. The second kappa shape index (κ2) is 7.59. The maximum Gasteiger partial charge on any atom is 0.241 e. The van der Waals surface area contributed by atoms with Gasteiger partial charge in [-0.25, -0.2) is 13.1 Å². The number of rotatable bonds is 6. The Kier molecular flexibility index (Phi) is 5.75. The van der Waals surface area contributed by atoms with Crippen molar-refractivity contribution in [2.24, 2.45) is 0 Å². The van der Waals surface area contributed by atoms with Crippen LogP contribution < -0.4 is 10.0 Å². The number of nitrogens with one attached hydrogen (secondary N) is 2. The molecule has 0 bridgehead atoms. The number of para-hydroxylation sites is 1. The maximum atomic E-state index is 12.2. The maximum absolute atomic E-state index is 12.2. The first-order chi connectivity index (χ1) is 11.3.